The van der Waals surface area contributed by atoms with Crippen LogP contribution in [0.1, 0.15) is 78.6 Å². The van der Waals surface area contributed by atoms with Gasteiger partial charge in [0.1, 0.15) is 0 Å². The molecule has 0 bridgehead atoms. The number of aliphatic hydroxyl groups excluding tert-OH is 1. The number of rotatable bonds is 6. The van der Waals surface area contributed by atoms with Gasteiger partial charge in [0.2, 0.25) is 0 Å². The highest BCUT2D eigenvalue weighted by molar-refractivity contribution is 5.37. The van der Waals surface area contributed by atoms with E-state index in [9.17, 15) is 5.11 Å². The van der Waals surface area contributed by atoms with Crippen LogP contribution < -0.4 is 0 Å². The SMILES string of the molecule is CC(C)CC/C=C/[C@@H]1CCC2=CC([C@H]3CC[C@](C)(CO)C3)CC=C2C1. The van der Waals surface area contributed by atoms with E-state index < -0.39 is 0 Å². The highest BCUT2D eigenvalue weighted by atomic mass is 16.3. The summed E-state index contributed by atoms with van der Waals surface area (Å²) in [5, 5.41) is 9.64. The molecule has 3 aliphatic rings. The van der Waals surface area contributed by atoms with E-state index in [1.165, 1.54) is 57.8 Å². The van der Waals surface area contributed by atoms with Gasteiger partial charge in [-0.2, -0.15) is 0 Å². The Balaban J connectivity index is 1.52. The van der Waals surface area contributed by atoms with E-state index in [0.717, 1.165) is 23.7 Å². The topological polar surface area (TPSA) is 20.2 Å². The van der Waals surface area contributed by atoms with Gasteiger partial charge in [0, 0.05) is 6.61 Å². The fourth-order valence-corrected chi connectivity index (χ4v) is 5.12. The lowest BCUT2D eigenvalue weighted by Crippen LogP contribution is -2.21. The van der Waals surface area contributed by atoms with Gasteiger partial charge in [-0.3, -0.25) is 0 Å². The van der Waals surface area contributed by atoms with Crippen LogP contribution in [0, 0.1) is 29.1 Å². The Hall–Kier alpha value is -0.820. The molecule has 25 heavy (non-hydrogen) atoms. The number of fused-ring (bicyclic) bond motifs is 1. The van der Waals surface area contributed by atoms with E-state index in [1.807, 2.05) is 0 Å². The minimum absolute atomic E-state index is 0.186. The Morgan fingerprint density at radius 2 is 2.12 bits per heavy atom. The number of aliphatic hydroxyl groups is 1. The average Bonchev–Trinajstić information content (AvgIpc) is 3.01. The first-order chi connectivity index (χ1) is 12.0. The molecule has 0 heterocycles. The van der Waals surface area contributed by atoms with Gasteiger partial charge in [0.15, 0.2) is 0 Å². The van der Waals surface area contributed by atoms with Crippen LogP contribution >= 0.6 is 0 Å². The summed E-state index contributed by atoms with van der Waals surface area (Å²) < 4.78 is 0. The van der Waals surface area contributed by atoms with Gasteiger partial charge >= 0.3 is 0 Å². The van der Waals surface area contributed by atoms with Crippen molar-refractivity contribution < 1.29 is 5.11 Å². The minimum Gasteiger partial charge on any atom is -0.396 e. The van der Waals surface area contributed by atoms with Crippen LogP contribution in [0.3, 0.4) is 0 Å². The first kappa shape index (κ1) is 19.0. The summed E-state index contributed by atoms with van der Waals surface area (Å²) in [5.74, 6) is 3.09. The molecule has 0 saturated heterocycles. The van der Waals surface area contributed by atoms with Crippen LogP contribution in [-0.2, 0) is 0 Å². The molecule has 4 atom stereocenters. The van der Waals surface area contributed by atoms with Gasteiger partial charge in [-0.15, -0.1) is 0 Å². The van der Waals surface area contributed by atoms with Gasteiger partial charge in [0.05, 0.1) is 0 Å². The van der Waals surface area contributed by atoms with Crippen molar-refractivity contribution in [3.8, 4) is 0 Å². The fraction of sp³-hybridized carbons (Fsp3) is 0.750. The van der Waals surface area contributed by atoms with Crippen LogP contribution in [0.4, 0.5) is 0 Å². The van der Waals surface area contributed by atoms with E-state index in [0.29, 0.717) is 6.61 Å². The van der Waals surface area contributed by atoms with E-state index in [2.05, 4.69) is 45.1 Å². The Morgan fingerprint density at radius 3 is 2.84 bits per heavy atom. The highest BCUT2D eigenvalue weighted by Gasteiger charge is 2.38. The van der Waals surface area contributed by atoms with Crippen molar-refractivity contribution in [3.63, 3.8) is 0 Å². The molecule has 1 unspecified atom stereocenters. The van der Waals surface area contributed by atoms with Crippen molar-refractivity contribution in [3.05, 3.63) is 35.5 Å². The molecular formula is C24H38O. The number of hydrogen-bond acceptors (Lipinski definition) is 1. The molecule has 0 aliphatic heterocycles. The van der Waals surface area contributed by atoms with Crippen LogP contribution in [-0.4, -0.2) is 11.7 Å². The molecule has 0 amide bonds. The maximum atomic E-state index is 9.64. The molecule has 1 N–H and O–H groups in total. The molecule has 2 saturated carbocycles. The zero-order chi connectivity index (χ0) is 17.9. The first-order valence-corrected chi connectivity index (χ1v) is 10.7. The monoisotopic (exact) mass is 342 g/mol. The van der Waals surface area contributed by atoms with E-state index in [4.69, 9.17) is 0 Å². The third-order valence-corrected chi connectivity index (χ3v) is 6.91. The summed E-state index contributed by atoms with van der Waals surface area (Å²) in [4.78, 5) is 0. The minimum atomic E-state index is 0.186. The maximum Gasteiger partial charge on any atom is 0.0484 e. The number of allylic oxidation sites excluding steroid dienone is 6. The standard InChI is InChI=1S/C24H38O/c1-18(2)6-4-5-7-19-8-9-21-15-22(11-10-20(21)14-19)23-12-13-24(3,16-23)17-25/h5,7,10,15,18-19,22-23,25H,4,6,8-9,11-14,16-17H2,1-3H3/b7-5+/t19-,22?,23+,24+/m1/s1. The molecule has 0 spiro atoms. The van der Waals surface area contributed by atoms with Crippen molar-refractivity contribution >= 4 is 0 Å². The lowest BCUT2D eigenvalue weighted by Gasteiger charge is -2.32. The fourth-order valence-electron chi connectivity index (χ4n) is 5.12. The quantitative estimate of drug-likeness (QED) is 0.550. The predicted molar refractivity (Wildman–Crippen MR) is 107 cm³/mol. The summed E-state index contributed by atoms with van der Waals surface area (Å²) in [7, 11) is 0. The smallest absolute Gasteiger partial charge is 0.0484 e. The van der Waals surface area contributed by atoms with Gasteiger partial charge in [-0.05, 0) is 98.0 Å². The van der Waals surface area contributed by atoms with Crippen molar-refractivity contribution in [1.29, 1.82) is 0 Å². The summed E-state index contributed by atoms with van der Waals surface area (Å²) in [6.45, 7) is 7.24. The van der Waals surface area contributed by atoms with Crippen molar-refractivity contribution in [2.45, 2.75) is 78.6 Å². The second-order valence-corrected chi connectivity index (χ2v) is 9.69. The highest BCUT2D eigenvalue weighted by Crippen LogP contribution is 2.48. The number of hydrogen-bond donors (Lipinski definition) is 1. The van der Waals surface area contributed by atoms with Crippen LogP contribution in [0.5, 0.6) is 0 Å². The zero-order valence-electron chi connectivity index (χ0n) is 16.6. The van der Waals surface area contributed by atoms with Crippen molar-refractivity contribution in [2.75, 3.05) is 6.61 Å². The lowest BCUT2D eigenvalue weighted by molar-refractivity contribution is 0.141. The Kier molecular flexibility index (Phi) is 6.25. The Bertz CT molecular complexity index is 538. The van der Waals surface area contributed by atoms with Crippen LogP contribution in [0.15, 0.2) is 35.5 Å². The summed E-state index contributed by atoms with van der Waals surface area (Å²) in [5.41, 5.74) is 3.48. The van der Waals surface area contributed by atoms with Crippen LogP contribution in [0.2, 0.25) is 0 Å². The molecule has 0 radical (unpaired) electrons. The normalized spacial score (nSPS) is 35.8. The molecule has 3 rings (SSSR count). The van der Waals surface area contributed by atoms with Crippen molar-refractivity contribution in [2.24, 2.45) is 29.1 Å². The zero-order valence-corrected chi connectivity index (χ0v) is 16.6. The van der Waals surface area contributed by atoms with Gasteiger partial charge in [-0.25, -0.2) is 0 Å². The van der Waals surface area contributed by atoms with Gasteiger partial charge in [0.25, 0.3) is 0 Å². The molecular weight excluding hydrogens is 304 g/mol. The largest absolute Gasteiger partial charge is 0.396 e. The first-order valence-electron chi connectivity index (χ1n) is 10.7. The Morgan fingerprint density at radius 1 is 1.28 bits per heavy atom. The molecule has 140 valence electrons. The maximum absolute atomic E-state index is 9.64. The summed E-state index contributed by atoms with van der Waals surface area (Å²) in [6.07, 6.45) is 21.5. The third kappa shape index (κ3) is 4.88. The molecule has 0 aromatic heterocycles. The molecule has 1 nitrogen and oxygen atoms in total. The van der Waals surface area contributed by atoms with Gasteiger partial charge < -0.3 is 5.11 Å². The molecule has 2 fully saturated rings. The lowest BCUT2D eigenvalue weighted by atomic mass is 9.73. The molecule has 0 aromatic carbocycles. The second-order valence-electron chi connectivity index (χ2n) is 9.69. The Labute approximate surface area is 155 Å². The molecule has 0 aromatic rings. The van der Waals surface area contributed by atoms with E-state index >= 15 is 0 Å². The van der Waals surface area contributed by atoms with Crippen LogP contribution in [0.25, 0.3) is 0 Å². The van der Waals surface area contributed by atoms with Gasteiger partial charge in [-0.1, -0.05) is 45.1 Å². The van der Waals surface area contributed by atoms with E-state index in [1.54, 1.807) is 11.1 Å². The van der Waals surface area contributed by atoms with Crippen molar-refractivity contribution in [1.82, 2.24) is 0 Å². The second kappa shape index (κ2) is 8.25. The molecule has 3 aliphatic carbocycles. The molecule has 1 heteroatoms. The third-order valence-electron chi connectivity index (χ3n) is 6.91. The average molecular weight is 343 g/mol. The summed E-state index contributed by atoms with van der Waals surface area (Å²) >= 11 is 0. The predicted octanol–water partition coefficient (Wildman–Crippen LogP) is 6.45. The summed E-state index contributed by atoms with van der Waals surface area (Å²) in [6, 6.07) is 0. The van der Waals surface area contributed by atoms with E-state index in [-0.39, 0.29) is 5.41 Å².